The summed E-state index contributed by atoms with van der Waals surface area (Å²) in [5, 5.41) is 0. The zero-order chi connectivity index (χ0) is 18.3. The van der Waals surface area contributed by atoms with E-state index >= 15 is 0 Å². The highest BCUT2D eigenvalue weighted by atomic mass is 16.5. The third-order valence-corrected chi connectivity index (χ3v) is 4.78. The smallest absolute Gasteiger partial charge is 0.305 e. The van der Waals surface area contributed by atoms with Gasteiger partial charge < -0.3 is 4.74 Å². The molecule has 0 aliphatic carbocycles. The standard InChI is InChI=1S/C22H44O2/c1-6-8-10-14-20(15-11-9-7-2)17-19-24-21(23)16-12-13-18-22(3,4)5/h20H,6-19H2,1-5H3. The molecular weight excluding hydrogens is 296 g/mol. The molecule has 0 saturated heterocycles. The maximum atomic E-state index is 11.8. The van der Waals surface area contributed by atoms with Crippen LogP contribution in [0.25, 0.3) is 0 Å². The Morgan fingerprint density at radius 2 is 1.42 bits per heavy atom. The van der Waals surface area contributed by atoms with Crippen LogP contribution in [0.2, 0.25) is 0 Å². The first kappa shape index (κ1) is 23.5. The molecule has 0 aliphatic rings. The number of carbonyl (C=O) groups is 1. The minimum absolute atomic E-state index is 0.00442. The van der Waals surface area contributed by atoms with Crippen molar-refractivity contribution >= 4 is 5.97 Å². The summed E-state index contributed by atoms with van der Waals surface area (Å²) in [6, 6.07) is 0. The Labute approximate surface area is 152 Å². The fourth-order valence-electron chi connectivity index (χ4n) is 3.14. The van der Waals surface area contributed by atoms with Crippen molar-refractivity contribution in [1.29, 1.82) is 0 Å². The Bertz CT molecular complexity index is 281. The first-order valence-electron chi connectivity index (χ1n) is 10.5. The molecule has 0 aromatic heterocycles. The van der Waals surface area contributed by atoms with Crippen LogP contribution in [0.15, 0.2) is 0 Å². The van der Waals surface area contributed by atoms with E-state index in [1.165, 1.54) is 57.8 Å². The van der Waals surface area contributed by atoms with E-state index in [-0.39, 0.29) is 5.97 Å². The summed E-state index contributed by atoms with van der Waals surface area (Å²) in [6.45, 7) is 11.9. The van der Waals surface area contributed by atoms with E-state index in [1.54, 1.807) is 0 Å². The van der Waals surface area contributed by atoms with Gasteiger partial charge >= 0.3 is 5.97 Å². The second-order valence-corrected chi connectivity index (χ2v) is 8.63. The van der Waals surface area contributed by atoms with Gasteiger partial charge in [0, 0.05) is 6.42 Å². The minimum atomic E-state index is 0.00442. The first-order valence-corrected chi connectivity index (χ1v) is 10.5. The molecule has 0 radical (unpaired) electrons. The lowest BCUT2D eigenvalue weighted by atomic mass is 9.89. The van der Waals surface area contributed by atoms with Crippen molar-refractivity contribution in [2.45, 2.75) is 118 Å². The molecule has 0 unspecified atom stereocenters. The van der Waals surface area contributed by atoms with E-state index in [1.807, 2.05) is 0 Å². The van der Waals surface area contributed by atoms with Crippen LogP contribution in [-0.4, -0.2) is 12.6 Å². The quantitative estimate of drug-likeness (QED) is 0.231. The van der Waals surface area contributed by atoms with Crippen LogP contribution >= 0.6 is 0 Å². The van der Waals surface area contributed by atoms with Gasteiger partial charge in [-0.25, -0.2) is 0 Å². The summed E-state index contributed by atoms with van der Waals surface area (Å²) in [6.07, 6.45) is 15.4. The number of unbranched alkanes of at least 4 members (excludes halogenated alkanes) is 5. The molecule has 0 spiro atoms. The average Bonchev–Trinajstić information content (AvgIpc) is 2.50. The molecule has 0 bridgehead atoms. The molecule has 0 N–H and O–H groups in total. The summed E-state index contributed by atoms with van der Waals surface area (Å²) in [5.41, 5.74) is 0.369. The van der Waals surface area contributed by atoms with Gasteiger partial charge in [-0.1, -0.05) is 92.4 Å². The Kier molecular flexibility index (Phi) is 14.5. The van der Waals surface area contributed by atoms with Crippen molar-refractivity contribution in [2.75, 3.05) is 6.61 Å². The lowest BCUT2D eigenvalue weighted by molar-refractivity contribution is -0.144. The number of hydrogen-bond donors (Lipinski definition) is 0. The van der Waals surface area contributed by atoms with Gasteiger partial charge in [0.15, 0.2) is 0 Å². The second kappa shape index (κ2) is 14.8. The van der Waals surface area contributed by atoms with Crippen LogP contribution in [0, 0.1) is 11.3 Å². The SMILES string of the molecule is CCCCCC(CCCCC)CCOC(=O)CCCCC(C)(C)C. The molecule has 0 aromatic carbocycles. The summed E-state index contributed by atoms with van der Waals surface area (Å²) in [5.74, 6) is 0.751. The molecule has 0 aromatic rings. The maximum Gasteiger partial charge on any atom is 0.305 e. The van der Waals surface area contributed by atoms with E-state index in [2.05, 4.69) is 34.6 Å². The van der Waals surface area contributed by atoms with Gasteiger partial charge in [-0.3, -0.25) is 4.79 Å². The summed E-state index contributed by atoms with van der Waals surface area (Å²) in [4.78, 5) is 11.8. The average molecular weight is 341 g/mol. The van der Waals surface area contributed by atoms with Crippen LogP contribution in [0.4, 0.5) is 0 Å². The van der Waals surface area contributed by atoms with Gasteiger partial charge in [0.1, 0.15) is 0 Å². The Balaban J connectivity index is 3.83. The molecule has 0 fully saturated rings. The normalized spacial score (nSPS) is 11.9. The summed E-state index contributed by atoms with van der Waals surface area (Å²) in [7, 11) is 0. The lowest BCUT2D eigenvalue weighted by Crippen LogP contribution is -2.11. The van der Waals surface area contributed by atoms with Crippen molar-refractivity contribution in [3.63, 3.8) is 0 Å². The highest BCUT2D eigenvalue weighted by Crippen LogP contribution is 2.23. The fraction of sp³-hybridized carbons (Fsp3) is 0.955. The molecule has 0 amide bonds. The predicted molar refractivity (Wildman–Crippen MR) is 105 cm³/mol. The highest BCUT2D eigenvalue weighted by molar-refractivity contribution is 5.69. The van der Waals surface area contributed by atoms with Crippen molar-refractivity contribution in [2.24, 2.45) is 11.3 Å². The van der Waals surface area contributed by atoms with Gasteiger partial charge in [-0.05, 0) is 30.6 Å². The molecular formula is C22H44O2. The van der Waals surface area contributed by atoms with Gasteiger partial charge in [-0.15, -0.1) is 0 Å². The van der Waals surface area contributed by atoms with E-state index in [0.717, 1.165) is 25.2 Å². The zero-order valence-electron chi connectivity index (χ0n) is 17.3. The summed E-state index contributed by atoms with van der Waals surface area (Å²) >= 11 is 0. The van der Waals surface area contributed by atoms with Gasteiger partial charge in [0.05, 0.1) is 6.61 Å². The topological polar surface area (TPSA) is 26.3 Å². The monoisotopic (exact) mass is 340 g/mol. The van der Waals surface area contributed by atoms with Crippen molar-refractivity contribution in [3.05, 3.63) is 0 Å². The van der Waals surface area contributed by atoms with Crippen molar-refractivity contribution in [1.82, 2.24) is 0 Å². The van der Waals surface area contributed by atoms with Crippen LogP contribution in [0.5, 0.6) is 0 Å². The van der Waals surface area contributed by atoms with Crippen LogP contribution in [0.3, 0.4) is 0 Å². The lowest BCUT2D eigenvalue weighted by Gasteiger charge is -2.18. The fourth-order valence-corrected chi connectivity index (χ4v) is 3.14. The first-order chi connectivity index (χ1) is 11.4. The molecule has 0 aliphatic heterocycles. The van der Waals surface area contributed by atoms with Gasteiger partial charge in [0.25, 0.3) is 0 Å². The molecule has 24 heavy (non-hydrogen) atoms. The number of esters is 1. The molecule has 0 heterocycles. The minimum Gasteiger partial charge on any atom is -0.466 e. The highest BCUT2D eigenvalue weighted by Gasteiger charge is 2.12. The number of ether oxygens (including phenoxy) is 1. The van der Waals surface area contributed by atoms with Gasteiger partial charge in [0.2, 0.25) is 0 Å². The molecule has 0 rings (SSSR count). The van der Waals surface area contributed by atoms with E-state index in [9.17, 15) is 4.79 Å². The maximum absolute atomic E-state index is 11.8. The molecule has 2 nitrogen and oxygen atoms in total. The molecule has 0 atom stereocenters. The number of carbonyl (C=O) groups excluding carboxylic acids is 1. The second-order valence-electron chi connectivity index (χ2n) is 8.63. The van der Waals surface area contributed by atoms with Crippen LogP contribution < -0.4 is 0 Å². The molecule has 0 saturated carbocycles. The predicted octanol–water partition coefficient (Wildman–Crippen LogP) is 7.30. The van der Waals surface area contributed by atoms with E-state index < -0.39 is 0 Å². The third kappa shape index (κ3) is 16.3. The van der Waals surface area contributed by atoms with E-state index in [0.29, 0.717) is 18.4 Å². The Morgan fingerprint density at radius 3 is 1.92 bits per heavy atom. The Morgan fingerprint density at radius 1 is 0.833 bits per heavy atom. The Hall–Kier alpha value is -0.530. The van der Waals surface area contributed by atoms with E-state index in [4.69, 9.17) is 4.74 Å². The molecule has 144 valence electrons. The van der Waals surface area contributed by atoms with Crippen molar-refractivity contribution in [3.8, 4) is 0 Å². The zero-order valence-corrected chi connectivity index (χ0v) is 17.3. The van der Waals surface area contributed by atoms with Crippen molar-refractivity contribution < 1.29 is 9.53 Å². The largest absolute Gasteiger partial charge is 0.466 e. The van der Waals surface area contributed by atoms with Crippen LogP contribution in [-0.2, 0) is 9.53 Å². The number of hydrogen-bond acceptors (Lipinski definition) is 2. The number of rotatable bonds is 15. The third-order valence-electron chi connectivity index (χ3n) is 4.78. The van der Waals surface area contributed by atoms with Gasteiger partial charge in [-0.2, -0.15) is 0 Å². The summed E-state index contributed by atoms with van der Waals surface area (Å²) < 4.78 is 5.48. The molecule has 2 heteroatoms. The van der Waals surface area contributed by atoms with Crippen LogP contribution in [0.1, 0.15) is 118 Å².